The van der Waals surface area contributed by atoms with Gasteiger partial charge in [0.1, 0.15) is 0 Å². The molecule has 4 heteroatoms. The van der Waals surface area contributed by atoms with Crippen molar-refractivity contribution in [3.05, 3.63) is 34.9 Å². The summed E-state index contributed by atoms with van der Waals surface area (Å²) in [5.74, 6) is 0.0543. The van der Waals surface area contributed by atoms with Gasteiger partial charge in [-0.25, -0.2) is 0 Å². The molecule has 4 nitrogen and oxygen atoms in total. The molecule has 1 atom stereocenters. The van der Waals surface area contributed by atoms with E-state index in [1.54, 1.807) is 0 Å². The van der Waals surface area contributed by atoms with Crippen LogP contribution < -0.4 is 10.6 Å². The maximum Gasteiger partial charge on any atom is 0.251 e. The maximum absolute atomic E-state index is 12.2. The molecule has 1 aromatic carbocycles. The molecule has 108 valence electrons. The van der Waals surface area contributed by atoms with Crippen molar-refractivity contribution in [2.45, 2.75) is 38.4 Å². The van der Waals surface area contributed by atoms with Gasteiger partial charge in [0.25, 0.3) is 5.91 Å². The van der Waals surface area contributed by atoms with Gasteiger partial charge in [0.2, 0.25) is 0 Å². The van der Waals surface area contributed by atoms with E-state index in [0.717, 1.165) is 31.7 Å². The zero-order valence-corrected chi connectivity index (χ0v) is 12.1. The third-order valence-electron chi connectivity index (χ3n) is 4.52. The van der Waals surface area contributed by atoms with Crippen LogP contribution in [0.4, 0.5) is 0 Å². The van der Waals surface area contributed by atoms with E-state index in [9.17, 15) is 4.79 Å². The number of hydrogen-bond acceptors (Lipinski definition) is 3. The minimum Gasteiger partial charge on any atom is -0.350 e. The first-order valence-electron chi connectivity index (χ1n) is 7.55. The third-order valence-corrected chi connectivity index (χ3v) is 4.52. The number of nitrogens with one attached hydrogen (secondary N) is 2. The van der Waals surface area contributed by atoms with Crippen LogP contribution in [-0.2, 0) is 13.1 Å². The van der Waals surface area contributed by atoms with Crippen LogP contribution in [0.15, 0.2) is 18.2 Å². The Kier molecular flexibility index (Phi) is 4.03. The number of hydrogen-bond donors (Lipinski definition) is 2. The number of likely N-dealkylation sites (N-methyl/N-ethyl adjacent to an activating group) is 1. The largest absolute Gasteiger partial charge is 0.350 e. The Morgan fingerprint density at radius 2 is 2.20 bits per heavy atom. The van der Waals surface area contributed by atoms with E-state index >= 15 is 0 Å². The molecule has 2 aliphatic rings. The van der Waals surface area contributed by atoms with Crippen LogP contribution in [-0.4, -0.2) is 37.0 Å². The average molecular weight is 273 g/mol. The van der Waals surface area contributed by atoms with E-state index in [-0.39, 0.29) is 5.91 Å². The Bertz CT molecular complexity index is 500. The van der Waals surface area contributed by atoms with Gasteiger partial charge >= 0.3 is 0 Å². The Balaban J connectivity index is 1.59. The van der Waals surface area contributed by atoms with Gasteiger partial charge in [0.15, 0.2) is 0 Å². The smallest absolute Gasteiger partial charge is 0.251 e. The molecule has 0 aromatic heterocycles. The number of benzene rings is 1. The topological polar surface area (TPSA) is 44.4 Å². The number of rotatable bonds is 3. The molecular weight excluding hydrogens is 250 g/mol. The van der Waals surface area contributed by atoms with Crippen molar-refractivity contribution < 1.29 is 4.79 Å². The maximum atomic E-state index is 12.2. The fourth-order valence-electron chi connectivity index (χ4n) is 3.15. The minimum absolute atomic E-state index is 0.0543. The summed E-state index contributed by atoms with van der Waals surface area (Å²) in [5.41, 5.74) is 3.35. The third kappa shape index (κ3) is 2.86. The zero-order valence-electron chi connectivity index (χ0n) is 12.1. The molecule has 1 amide bonds. The van der Waals surface area contributed by atoms with Gasteiger partial charge < -0.3 is 15.5 Å². The number of carbonyl (C=O) groups is 1. The molecular formula is C16H23N3O. The summed E-state index contributed by atoms with van der Waals surface area (Å²) in [4.78, 5) is 14.6. The van der Waals surface area contributed by atoms with Gasteiger partial charge in [-0.1, -0.05) is 12.5 Å². The van der Waals surface area contributed by atoms with Crippen molar-refractivity contribution in [3.63, 3.8) is 0 Å². The average Bonchev–Trinajstić information content (AvgIpc) is 2.93. The molecule has 0 bridgehead atoms. The molecule has 1 saturated heterocycles. The van der Waals surface area contributed by atoms with Crippen molar-refractivity contribution in [2.24, 2.45) is 0 Å². The summed E-state index contributed by atoms with van der Waals surface area (Å²) < 4.78 is 0. The van der Waals surface area contributed by atoms with Gasteiger partial charge in [0, 0.05) is 31.2 Å². The molecule has 2 N–H and O–H groups in total. The van der Waals surface area contributed by atoms with Gasteiger partial charge in [-0.15, -0.1) is 0 Å². The molecule has 1 fully saturated rings. The number of likely N-dealkylation sites (tertiary alicyclic amines) is 1. The molecule has 0 saturated carbocycles. The van der Waals surface area contributed by atoms with Crippen LogP contribution >= 0.6 is 0 Å². The first kappa shape index (κ1) is 13.6. The monoisotopic (exact) mass is 273 g/mol. The van der Waals surface area contributed by atoms with Crippen molar-refractivity contribution in [1.29, 1.82) is 0 Å². The quantitative estimate of drug-likeness (QED) is 0.877. The van der Waals surface area contributed by atoms with Crippen LogP contribution in [0.25, 0.3) is 0 Å². The van der Waals surface area contributed by atoms with Crippen molar-refractivity contribution in [1.82, 2.24) is 15.5 Å². The molecule has 2 heterocycles. The van der Waals surface area contributed by atoms with Crippen LogP contribution in [0.5, 0.6) is 0 Å². The van der Waals surface area contributed by atoms with Crippen LogP contribution in [0.2, 0.25) is 0 Å². The SMILES string of the molecule is CN1CCCCC1CNC(=O)c1ccc2c(c1)CNC2. The first-order chi connectivity index (χ1) is 9.74. The lowest BCUT2D eigenvalue weighted by molar-refractivity contribution is 0.0928. The number of piperidine rings is 1. The fourth-order valence-corrected chi connectivity index (χ4v) is 3.15. The van der Waals surface area contributed by atoms with E-state index in [1.165, 1.54) is 30.4 Å². The number of amides is 1. The number of carbonyl (C=O) groups excluding carboxylic acids is 1. The highest BCUT2D eigenvalue weighted by Gasteiger charge is 2.20. The lowest BCUT2D eigenvalue weighted by Gasteiger charge is -2.32. The molecule has 2 aliphatic heterocycles. The van der Waals surface area contributed by atoms with E-state index in [4.69, 9.17) is 0 Å². The summed E-state index contributed by atoms with van der Waals surface area (Å²) in [6.07, 6.45) is 3.74. The van der Waals surface area contributed by atoms with E-state index in [2.05, 4.69) is 28.6 Å². The van der Waals surface area contributed by atoms with Crippen LogP contribution in [0.3, 0.4) is 0 Å². The predicted molar refractivity (Wildman–Crippen MR) is 79.6 cm³/mol. The molecule has 20 heavy (non-hydrogen) atoms. The Labute approximate surface area is 120 Å². The van der Waals surface area contributed by atoms with Crippen LogP contribution in [0, 0.1) is 0 Å². The highest BCUT2D eigenvalue weighted by atomic mass is 16.1. The van der Waals surface area contributed by atoms with Crippen molar-refractivity contribution in [3.8, 4) is 0 Å². The molecule has 0 aliphatic carbocycles. The second-order valence-corrected chi connectivity index (χ2v) is 5.93. The molecule has 0 spiro atoms. The molecule has 1 aromatic rings. The molecule has 1 unspecified atom stereocenters. The van der Waals surface area contributed by atoms with Gasteiger partial charge in [0.05, 0.1) is 0 Å². The second kappa shape index (κ2) is 5.94. The standard InChI is InChI=1S/C16H23N3O/c1-19-7-3-2-4-15(19)11-18-16(20)12-5-6-13-9-17-10-14(13)8-12/h5-6,8,15,17H,2-4,7,9-11H2,1H3,(H,18,20). The van der Waals surface area contributed by atoms with Crippen molar-refractivity contribution in [2.75, 3.05) is 20.1 Å². The van der Waals surface area contributed by atoms with Crippen LogP contribution in [0.1, 0.15) is 40.7 Å². The summed E-state index contributed by atoms with van der Waals surface area (Å²) in [5, 5.41) is 6.39. The molecule has 0 radical (unpaired) electrons. The lowest BCUT2D eigenvalue weighted by atomic mass is 10.0. The molecule has 3 rings (SSSR count). The second-order valence-electron chi connectivity index (χ2n) is 5.93. The highest BCUT2D eigenvalue weighted by molar-refractivity contribution is 5.94. The lowest BCUT2D eigenvalue weighted by Crippen LogP contribution is -2.44. The summed E-state index contributed by atoms with van der Waals surface area (Å²) in [7, 11) is 2.15. The highest BCUT2D eigenvalue weighted by Crippen LogP contribution is 2.17. The minimum atomic E-state index is 0.0543. The van der Waals surface area contributed by atoms with E-state index in [0.29, 0.717) is 6.04 Å². The number of fused-ring (bicyclic) bond motifs is 1. The normalized spacial score (nSPS) is 22.6. The fraction of sp³-hybridized carbons (Fsp3) is 0.562. The van der Waals surface area contributed by atoms with Gasteiger partial charge in [-0.2, -0.15) is 0 Å². The zero-order chi connectivity index (χ0) is 13.9. The van der Waals surface area contributed by atoms with E-state index in [1.807, 2.05) is 12.1 Å². The predicted octanol–water partition coefficient (Wildman–Crippen LogP) is 1.50. The Hall–Kier alpha value is -1.39. The van der Waals surface area contributed by atoms with E-state index < -0.39 is 0 Å². The Morgan fingerprint density at radius 1 is 1.35 bits per heavy atom. The summed E-state index contributed by atoms with van der Waals surface area (Å²) >= 11 is 0. The Morgan fingerprint density at radius 3 is 3.05 bits per heavy atom. The number of nitrogens with zero attached hydrogens (tertiary/aromatic N) is 1. The van der Waals surface area contributed by atoms with Crippen molar-refractivity contribution >= 4 is 5.91 Å². The van der Waals surface area contributed by atoms with Gasteiger partial charge in [-0.3, -0.25) is 4.79 Å². The first-order valence-corrected chi connectivity index (χ1v) is 7.55. The summed E-state index contributed by atoms with van der Waals surface area (Å²) in [6.45, 7) is 3.70. The van der Waals surface area contributed by atoms with Gasteiger partial charge in [-0.05, 0) is 49.7 Å². The summed E-state index contributed by atoms with van der Waals surface area (Å²) in [6, 6.07) is 6.52.